The molecule has 0 aromatic heterocycles. The lowest BCUT2D eigenvalue weighted by Gasteiger charge is -2.13. The molecule has 0 bridgehead atoms. The van der Waals surface area contributed by atoms with Gasteiger partial charge < -0.3 is 0 Å². The molecule has 0 aromatic carbocycles. The summed E-state index contributed by atoms with van der Waals surface area (Å²) in [7, 11) is -0.164. The van der Waals surface area contributed by atoms with Crippen LogP contribution < -0.4 is 0 Å². The van der Waals surface area contributed by atoms with Gasteiger partial charge in [0.2, 0.25) is 0 Å². The second-order valence-corrected chi connectivity index (χ2v) is 13.9. The Morgan fingerprint density at radius 3 is 2.29 bits per heavy atom. The van der Waals surface area contributed by atoms with Crippen LogP contribution in [0.3, 0.4) is 0 Å². The van der Waals surface area contributed by atoms with Crippen LogP contribution in [-0.4, -0.2) is 25.5 Å². The lowest BCUT2D eigenvalue weighted by Crippen LogP contribution is -2.32. The summed E-state index contributed by atoms with van der Waals surface area (Å²) >= 11 is 0. The Balaban J connectivity index is 2.26. The second-order valence-electron chi connectivity index (χ2n) is 5.72. The minimum atomic E-state index is -0.814. The van der Waals surface area contributed by atoms with E-state index in [-0.39, 0.29) is 0 Å². The van der Waals surface area contributed by atoms with Gasteiger partial charge in [-0.05, 0) is 42.7 Å². The minimum Gasteiger partial charge on any atom is -0.0696 e. The summed E-state index contributed by atoms with van der Waals surface area (Å²) in [5.74, 6) is 1.36. The second kappa shape index (κ2) is 5.41. The summed E-state index contributed by atoms with van der Waals surface area (Å²) in [4.78, 5) is 0. The van der Waals surface area contributed by atoms with Crippen molar-refractivity contribution in [2.45, 2.75) is 45.3 Å². The lowest BCUT2D eigenvalue weighted by atomic mass is 10.2. The van der Waals surface area contributed by atoms with Crippen molar-refractivity contribution in [3.05, 3.63) is 11.6 Å². The van der Waals surface area contributed by atoms with E-state index in [2.05, 4.69) is 32.0 Å². The maximum atomic E-state index is 2.55. The lowest BCUT2D eigenvalue weighted by molar-refractivity contribution is 0.886. The van der Waals surface area contributed by atoms with Crippen LogP contribution in [0.25, 0.3) is 0 Å². The van der Waals surface area contributed by atoms with Crippen LogP contribution in [-0.2, 0) is 10.9 Å². The highest BCUT2D eigenvalue weighted by atomic mass is 32.2. The molecule has 0 aromatic rings. The normalized spacial score (nSPS) is 19.9. The van der Waals surface area contributed by atoms with Gasteiger partial charge in [-0.2, -0.15) is 0 Å². The summed E-state index contributed by atoms with van der Waals surface area (Å²) in [5, 5.41) is 1.51. The molecule has 0 N–H and O–H groups in total. The van der Waals surface area contributed by atoms with Gasteiger partial charge in [0.15, 0.2) is 0 Å². The van der Waals surface area contributed by atoms with Crippen molar-refractivity contribution in [2.75, 3.05) is 17.4 Å². The molecule has 82 valence electrons. The molecule has 0 nitrogen and oxygen atoms in total. The summed E-state index contributed by atoms with van der Waals surface area (Å²) < 4.78 is 0. The minimum absolute atomic E-state index is 0.650. The molecular weight excluding hydrogens is 204 g/mol. The fraction of sp³-hybridized carbons (Fsp3) is 0.833. The van der Waals surface area contributed by atoms with Gasteiger partial charge in [-0.25, -0.2) is 0 Å². The Labute approximate surface area is 93.5 Å². The van der Waals surface area contributed by atoms with Crippen molar-refractivity contribution in [3.8, 4) is 0 Å². The van der Waals surface area contributed by atoms with E-state index in [1.807, 2.05) is 0 Å². The number of hydrogen-bond acceptors (Lipinski definition) is 0. The van der Waals surface area contributed by atoms with Crippen LogP contribution in [0.1, 0.15) is 25.7 Å². The van der Waals surface area contributed by atoms with Gasteiger partial charge in [0.05, 0.1) is 11.6 Å². The largest absolute Gasteiger partial charge is 0.126 e. The van der Waals surface area contributed by atoms with Gasteiger partial charge in [0.1, 0.15) is 13.8 Å². The van der Waals surface area contributed by atoms with Crippen LogP contribution in [0.2, 0.25) is 19.6 Å². The Bertz CT molecular complexity index is 195. The van der Waals surface area contributed by atoms with Crippen LogP contribution in [0.15, 0.2) is 11.6 Å². The third kappa shape index (κ3) is 5.25. The third-order valence-electron chi connectivity index (χ3n) is 2.58. The number of hydrogen-bond donors (Lipinski definition) is 0. The quantitative estimate of drug-likeness (QED) is 0.392. The Kier molecular flexibility index (Phi) is 4.78. The van der Waals surface area contributed by atoms with E-state index < -0.39 is 8.07 Å². The molecular formula is C12H25SSi+. The fourth-order valence-corrected chi connectivity index (χ4v) is 9.00. The molecule has 0 spiro atoms. The van der Waals surface area contributed by atoms with E-state index in [1.54, 1.807) is 5.57 Å². The highest BCUT2D eigenvalue weighted by Gasteiger charge is 2.23. The van der Waals surface area contributed by atoms with Crippen molar-refractivity contribution >= 4 is 19.0 Å². The number of allylic oxidation sites excluding steroid dienone is 1. The fourth-order valence-electron chi connectivity index (χ4n) is 2.09. The van der Waals surface area contributed by atoms with Crippen molar-refractivity contribution in [2.24, 2.45) is 0 Å². The molecule has 1 saturated carbocycles. The summed E-state index contributed by atoms with van der Waals surface area (Å²) in [6.07, 6.45) is 10.7. The summed E-state index contributed by atoms with van der Waals surface area (Å²) in [6, 6.07) is 0. The molecule has 1 unspecified atom stereocenters. The molecule has 14 heavy (non-hydrogen) atoms. The summed E-state index contributed by atoms with van der Waals surface area (Å²) in [6.45, 7) is 7.46. The topological polar surface area (TPSA) is 0 Å². The first-order chi connectivity index (χ1) is 6.47. The Morgan fingerprint density at radius 1 is 1.21 bits per heavy atom. The van der Waals surface area contributed by atoms with Crippen LogP contribution in [0.4, 0.5) is 0 Å². The van der Waals surface area contributed by atoms with Gasteiger partial charge in [-0.15, -0.1) is 0 Å². The van der Waals surface area contributed by atoms with E-state index >= 15 is 0 Å². The molecule has 1 rings (SSSR count). The first kappa shape index (κ1) is 12.4. The van der Waals surface area contributed by atoms with Crippen molar-refractivity contribution in [3.63, 3.8) is 0 Å². The smallest absolute Gasteiger partial charge is 0.0696 e. The van der Waals surface area contributed by atoms with E-state index in [4.69, 9.17) is 0 Å². The van der Waals surface area contributed by atoms with Gasteiger partial charge in [0, 0.05) is 0 Å². The van der Waals surface area contributed by atoms with Crippen molar-refractivity contribution in [1.82, 2.24) is 0 Å². The van der Waals surface area contributed by atoms with E-state index in [1.165, 1.54) is 36.8 Å². The van der Waals surface area contributed by atoms with Crippen molar-refractivity contribution in [1.29, 1.82) is 0 Å². The SMILES string of the molecule is C[S+](CC=C1CCCC1)C[Si](C)(C)C. The molecule has 0 saturated heterocycles. The average molecular weight is 229 g/mol. The molecule has 0 radical (unpaired) electrons. The predicted molar refractivity (Wildman–Crippen MR) is 72.9 cm³/mol. The number of rotatable bonds is 4. The molecule has 1 fully saturated rings. The monoisotopic (exact) mass is 229 g/mol. The molecule has 2 heteroatoms. The van der Waals surface area contributed by atoms with Crippen LogP contribution >= 0.6 is 0 Å². The first-order valence-electron chi connectivity index (χ1n) is 5.74. The molecule has 1 aliphatic rings. The maximum absolute atomic E-state index is 2.55. The van der Waals surface area contributed by atoms with E-state index in [0.29, 0.717) is 10.9 Å². The molecule has 0 amide bonds. The maximum Gasteiger partial charge on any atom is 0.126 e. The predicted octanol–water partition coefficient (Wildman–Crippen LogP) is 3.61. The standard InChI is InChI=1S/C12H25SSi/c1-13(11-14(2,3)4)10-9-12-7-5-6-8-12/h9H,5-8,10-11H2,1-4H3/q+1. The van der Waals surface area contributed by atoms with Crippen LogP contribution in [0.5, 0.6) is 0 Å². The first-order valence-corrected chi connectivity index (χ1v) is 11.4. The zero-order valence-electron chi connectivity index (χ0n) is 10.2. The van der Waals surface area contributed by atoms with Crippen LogP contribution in [0, 0.1) is 0 Å². The van der Waals surface area contributed by atoms with Gasteiger partial charge >= 0.3 is 0 Å². The zero-order valence-corrected chi connectivity index (χ0v) is 12.0. The van der Waals surface area contributed by atoms with Crippen molar-refractivity contribution < 1.29 is 0 Å². The molecule has 1 aliphatic carbocycles. The summed E-state index contributed by atoms with van der Waals surface area (Å²) in [5.41, 5.74) is 1.75. The zero-order chi connectivity index (χ0) is 10.6. The molecule has 0 heterocycles. The van der Waals surface area contributed by atoms with Gasteiger partial charge in [-0.3, -0.25) is 0 Å². The van der Waals surface area contributed by atoms with E-state index in [0.717, 1.165) is 0 Å². The third-order valence-corrected chi connectivity index (χ3v) is 8.75. The molecule has 1 atom stereocenters. The molecule has 0 aliphatic heterocycles. The van der Waals surface area contributed by atoms with Gasteiger partial charge in [0.25, 0.3) is 0 Å². The highest BCUT2D eigenvalue weighted by Crippen LogP contribution is 2.23. The average Bonchev–Trinajstić information content (AvgIpc) is 2.49. The Hall–Kier alpha value is 0.307. The van der Waals surface area contributed by atoms with Gasteiger partial charge in [-0.1, -0.05) is 25.2 Å². The Morgan fingerprint density at radius 2 is 1.79 bits per heavy atom. The van der Waals surface area contributed by atoms with E-state index in [9.17, 15) is 0 Å². The highest BCUT2D eigenvalue weighted by molar-refractivity contribution is 7.97.